The van der Waals surface area contributed by atoms with Gasteiger partial charge in [0, 0.05) is 13.0 Å². The van der Waals surface area contributed by atoms with Crippen molar-refractivity contribution < 1.29 is 14.7 Å². The third-order valence-electron chi connectivity index (χ3n) is 3.44. The van der Waals surface area contributed by atoms with E-state index in [0.717, 1.165) is 11.1 Å². The number of rotatable bonds is 2. The first-order chi connectivity index (χ1) is 9.66. The van der Waals surface area contributed by atoms with Crippen LogP contribution in [0, 0.1) is 0 Å². The van der Waals surface area contributed by atoms with Gasteiger partial charge < -0.3 is 10.0 Å². The van der Waals surface area contributed by atoms with Crippen LogP contribution in [0.5, 0.6) is 0 Å². The summed E-state index contributed by atoms with van der Waals surface area (Å²) in [6, 6.07) is 6.81. The van der Waals surface area contributed by atoms with Gasteiger partial charge in [-0.15, -0.1) is 11.3 Å². The number of hydrogen-bond donors (Lipinski definition) is 1. The lowest BCUT2D eigenvalue weighted by Crippen LogP contribution is -2.48. The Balaban J connectivity index is 1.96. The summed E-state index contributed by atoms with van der Waals surface area (Å²) in [7, 11) is 0. The summed E-state index contributed by atoms with van der Waals surface area (Å²) in [5.41, 5.74) is 3.57. The molecule has 1 aliphatic rings. The molecular weight excluding hydrogens is 276 g/mol. The van der Waals surface area contributed by atoms with Crippen LogP contribution in [0.1, 0.15) is 20.8 Å². The van der Waals surface area contributed by atoms with Gasteiger partial charge in [-0.05, 0) is 11.1 Å². The van der Waals surface area contributed by atoms with E-state index in [4.69, 9.17) is 0 Å². The fourth-order valence-electron chi connectivity index (χ4n) is 2.42. The fraction of sp³-hybridized carbons (Fsp3) is 0.214. The standard InChI is InChI=1S/C14H12N2O3S/c17-13(12-6-15-8-20-12)16-7-10-4-2-1-3-9(10)5-11(16)14(18)19/h1-4,6,8,11H,5,7H2,(H,18,19)/t11-/m1/s1. The molecule has 0 spiro atoms. The van der Waals surface area contributed by atoms with E-state index in [9.17, 15) is 14.7 Å². The van der Waals surface area contributed by atoms with Crippen LogP contribution in [0.25, 0.3) is 0 Å². The Morgan fingerprint density at radius 2 is 2.05 bits per heavy atom. The van der Waals surface area contributed by atoms with Crippen molar-refractivity contribution in [3.8, 4) is 0 Å². The van der Waals surface area contributed by atoms with Crippen molar-refractivity contribution in [2.45, 2.75) is 19.0 Å². The summed E-state index contributed by atoms with van der Waals surface area (Å²) in [5.74, 6) is -1.24. The van der Waals surface area contributed by atoms with Crippen LogP contribution in [0.4, 0.5) is 0 Å². The molecule has 1 atom stereocenters. The normalized spacial score (nSPS) is 17.6. The Labute approximate surface area is 119 Å². The van der Waals surface area contributed by atoms with Gasteiger partial charge >= 0.3 is 5.97 Å². The number of fused-ring (bicyclic) bond motifs is 1. The first kappa shape index (κ1) is 12.8. The lowest BCUT2D eigenvalue weighted by Gasteiger charge is -2.34. The van der Waals surface area contributed by atoms with Gasteiger partial charge in [0.15, 0.2) is 0 Å². The molecule has 20 heavy (non-hydrogen) atoms. The monoisotopic (exact) mass is 288 g/mol. The highest BCUT2D eigenvalue weighted by molar-refractivity contribution is 7.11. The predicted octanol–water partition coefficient (Wildman–Crippen LogP) is 1.79. The Morgan fingerprint density at radius 3 is 2.70 bits per heavy atom. The minimum Gasteiger partial charge on any atom is -0.480 e. The molecule has 2 aromatic rings. The molecule has 2 heterocycles. The minimum atomic E-state index is -0.975. The molecule has 0 saturated carbocycles. The van der Waals surface area contributed by atoms with Crippen molar-refractivity contribution in [3.63, 3.8) is 0 Å². The van der Waals surface area contributed by atoms with E-state index in [0.29, 0.717) is 17.8 Å². The molecule has 1 aromatic heterocycles. The number of nitrogens with zero attached hydrogens (tertiary/aromatic N) is 2. The van der Waals surface area contributed by atoms with E-state index in [1.807, 2.05) is 24.3 Å². The van der Waals surface area contributed by atoms with Gasteiger partial charge in [0.05, 0.1) is 11.7 Å². The largest absolute Gasteiger partial charge is 0.480 e. The zero-order valence-corrected chi connectivity index (χ0v) is 11.3. The highest BCUT2D eigenvalue weighted by Gasteiger charge is 2.35. The molecule has 1 N–H and O–H groups in total. The van der Waals surface area contributed by atoms with Crippen LogP contribution in [-0.2, 0) is 17.8 Å². The number of benzene rings is 1. The van der Waals surface area contributed by atoms with Gasteiger partial charge in [-0.25, -0.2) is 4.79 Å². The van der Waals surface area contributed by atoms with Gasteiger partial charge in [-0.1, -0.05) is 24.3 Å². The second kappa shape index (κ2) is 5.05. The Morgan fingerprint density at radius 1 is 1.30 bits per heavy atom. The van der Waals surface area contributed by atoms with Gasteiger partial charge in [-0.3, -0.25) is 9.78 Å². The molecule has 3 rings (SSSR count). The zero-order valence-electron chi connectivity index (χ0n) is 10.5. The zero-order chi connectivity index (χ0) is 14.1. The SMILES string of the molecule is O=C(O)[C@H]1Cc2ccccc2CN1C(=O)c1cncs1. The molecule has 0 fully saturated rings. The number of thiazole rings is 1. The van der Waals surface area contributed by atoms with Crippen molar-refractivity contribution in [1.29, 1.82) is 0 Å². The van der Waals surface area contributed by atoms with Crippen LogP contribution in [-0.4, -0.2) is 32.9 Å². The number of carbonyl (C=O) groups is 2. The molecule has 6 heteroatoms. The lowest BCUT2D eigenvalue weighted by atomic mass is 9.94. The highest BCUT2D eigenvalue weighted by atomic mass is 32.1. The number of hydrogen-bond acceptors (Lipinski definition) is 4. The van der Waals surface area contributed by atoms with Gasteiger partial charge in [-0.2, -0.15) is 0 Å². The first-order valence-corrected chi connectivity index (χ1v) is 7.04. The van der Waals surface area contributed by atoms with E-state index >= 15 is 0 Å². The second-order valence-electron chi connectivity index (χ2n) is 4.63. The molecule has 0 unspecified atom stereocenters. The van der Waals surface area contributed by atoms with Crippen LogP contribution in [0.2, 0.25) is 0 Å². The van der Waals surface area contributed by atoms with E-state index in [1.54, 1.807) is 5.51 Å². The topological polar surface area (TPSA) is 70.5 Å². The van der Waals surface area contributed by atoms with Crippen LogP contribution in [0.3, 0.4) is 0 Å². The van der Waals surface area contributed by atoms with E-state index < -0.39 is 12.0 Å². The highest BCUT2D eigenvalue weighted by Crippen LogP contribution is 2.25. The smallest absolute Gasteiger partial charge is 0.326 e. The summed E-state index contributed by atoms with van der Waals surface area (Å²) in [4.78, 5) is 29.6. The molecule has 1 amide bonds. The number of carbonyl (C=O) groups excluding carboxylic acids is 1. The molecule has 0 aliphatic carbocycles. The van der Waals surface area contributed by atoms with E-state index in [2.05, 4.69) is 4.98 Å². The minimum absolute atomic E-state index is 0.269. The Bertz CT molecular complexity index is 654. The average Bonchev–Trinajstić information content (AvgIpc) is 2.99. The maximum atomic E-state index is 12.4. The summed E-state index contributed by atoms with van der Waals surface area (Å²) in [6.45, 7) is 0.323. The second-order valence-corrected chi connectivity index (χ2v) is 5.51. The lowest BCUT2D eigenvalue weighted by molar-refractivity contribution is -0.142. The third kappa shape index (κ3) is 2.18. The van der Waals surface area contributed by atoms with Gasteiger partial charge in [0.2, 0.25) is 0 Å². The maximum absolute atomic E-state index is 12.4. The van der Waals surface area contributed by atoms with Crippen molar-refractivity contribution in [3.05, 3.63) is 52.0 Å². The molecule has 0 saturated heterocycles. The molecule has 1 aromatic carbocycles. The quantitative estimate of drug-likeness (QED) is 0.914. The summed E-state index contributed by atoms with van der Waals surface area (Å²) in [6.07, 6.45) is 1.82. The molecule has 0 bridgehead atoms. The molecule has 102 valence electrons. The van der Waals surface area contributed by atoms with Crippen LogP contribution in [0.15, 0.2) is 36.0 Å². The number of carboxylic acids is 1. The molecule has 5 nitrogen and oxygen atoms in total. The number of amides is 1. The van der Waals surface area contributed by atoms with Crippen molar-refractivity contribution in [2.24, 2.45) is 0 Å². The Kier molecular flexibility index (Phi) is 3.23. The number of aliphatic carboxylic acids is 1. The summed E-state index contributed by atoms with van der Waals surface area (Å²) in [5, 5.41) is 9.37. The van der Waals surface area contributed by atoms with Crippen molar-refractivity contribution in [2.75, 3.05) is 0 Å². The molecule has 0 radical (unpaired) electrons. The van der Waals surface area contributed by atoms with Crippen LogP contribution < -0.4 is 0 Å². The van der Waals surface area contributed by atoms with Crippen molar-refractivity contribution in [1.82, 2.24) is 9.88 Å². The fourth-order valence-corrected chi connectivity index (χ4v) is 3.00. The molecular formula is C14H12N2O3S. The predicted molar refractivity (Wildman–Crippen MR) is 73.6 cm³/mol. The number of carboxylic acid groups (broad SMARTS) is 1. The molecule has 1 aliphatic heterocycles. The maximum Gasteiger partial charge on any atom is 0.326 e. The number of aromatic nitrogens is 1. The van der Waals surface area contributed by atoms with E-state index in [-0.39, 0.29) is 5.91 Å². The van der Waals surface area contributed by atoms with Crippen molar-refractivity contribution >= 4 is 23.2 Å². The third-order valence-corrected chi connectivity index (χ3v) is 4.20. The average molecular weight is 288 g/mol. The van der Waals surface area contributed by atoms with Gasteiger partial charge in [0.1, 0.15) is 10.9 Å². The first-order valence-electron chi connectivity index (χ1n) is 6.16. The summed E-state index contributed by atoms with van der Waals surface area (Å²) >= 11 is 1.22. The van der Waals surface area contributed by atoms with Crippen LogP contribution >= 0.6 is 11.3 Å². The van der Waals surface area contributed by atoms with E-state index in [1.165, 1.54) is 22.4 Å². The summed E-state index contributed by atoms with van der Waals surface area (Å²) < 4.78 is 0. The Hall–Kier alpha value is -2.21. The van der Waals surface area contributed by atoms with Gasteiger partial charge in [0.25, 0.3) is 5.91 Å².